The molecular formula is C12H17Cl3O7. The minimum absolute atomic E-state index is 0.0492. The van der Waals surface area contributed by atoms with Crippen molar-refractivity contribution in [2.75, 3.05) is 18.4 Å². The summed E-state index contributed by atoms with van der Waals surface area (Å²) in [5.74, 6) is -2.07. The maximum Gasteiger partial charge on any atom is 0.214 e. The van der Waals surface area contributed by atoms with Crippen molar-refractivity contribution in [2.24, 2.45) is 0 Å². The Morgan fingerprint density at radius 2 is 1.91 bits per heavy atom. The number of aliphatic hydroxyl groups is 3. The molecule has 10 heteroatoms. The van der Waals surface area contributed by atoms with E-state index in [-0.39, 0.29) is 18.4 Å². The molecule has 22 heavy (non-hydrogen) atoms. The summed E-state index contributed by atoms with van der Waals surface area (Å²) >= 11 is 17.7. The molecule has 0 saturated carbocycles. The van der Waals surface area contributed by atoms with Crippen molar-refractivity contribution >= 4 is 34.8 Å². The third kappa shape index (κ3) is 2.65. The van der Waals surface area contributed by atoms with E-state index in [1.165, 1.54) is 0 Å². The van der Waals surface area contributed by atoms with Crippen LogP contribution in [0.15, 0.2) is 0 Å². The van der Waals surface area contributed by atoms with Crippen LogP contribution >= 0.6 is 34.8 Å². The van der Waals surface area contributed by atoms with Crippen molar-refractivity contribution in [1.29, 1.82) is 0 Å². The van der Waals surface area contributed by atoms with E-state index >= 15 is 0 Å². The second-order valence-electron chi connectivity index (χ2n) is 5.59. The van der Waals surface area contributed by atoms with Crippen molar-refractivity contribution in [1.82, 2.24) is 0 Å². The third-order valence-corrected chi connectivity index (χ3v) is 5.41. The van der Waals surface area contributed by atoms with Crippen molar-refractivity contribution in [3.05, 3.63) is 0 Å². The van der Waals surface area contributed by atoms with Crippen LogP contribution in [0.5, 0.6) is 0 Å². The highest BCUT2D eigenvalue weighted by Gasteiger charge is 2.59. The van der Waals surface area contributed by atoms with E-state index in [0.717, 1.165) is 0 Å². The van der Waals surface area contributed by atoms with Gasteiger partial charge in [0.25, 0.3) is 0 Å². The van der Waals surface area contributed by atoms with E-state index in [1.807, 2.05) is 0 Å². The van der Waals surface area contributed by atoms with Gasteiger partial charge < -0.3 is 34.3 Å². The molecule has 0 spiro atoms. The predicted octanol–water partition coefficient (Wildman–Crippen LogP) is -0.611. The maximum absolute atomic E-state index is 10.2. The van der Waals surface area contributed by atoms with E-state index in [9.17, 15) is 15.3 Å². The Morgan fingerprint density at radius 1 is 1.18 bits per heavy atom. The molecule has 0 radical (unpaired) electrons. The Balaban J connectivity index is 1.76. The van der Waals surface area contributed by atoms with Gasteiger partial charge in [-0.1, -0.05) is 0 Å². The molecule has 0 aromatic heterocycles. The van der Waals surface area contributed by atoms with Crippen LogP contribution < -0.4 is 0 Å². The summed E-state index contributed by atoms with van der Waals surface area (Å²) in [6.45, 7) is 0.236. The van der Waals surface area contributed by atoms with Crippen LogP contribution in [0.3, 0.4) is 0 Å². The lowest BCUT2D eigenvalue weighted by Gasteiger charge is -2.40. The second kappa shape index (κ2) is 6.48. The first-order valence-electron chi connectivity index (χ1n) is 6.86. The van der Waals surface area contributed by atoms with Crippen LogP contribution in [-0.2, 0) is 18.9 Å². The first-order chi connectivity index (χ1) is 10.4. The SMILES string of the molecule is O[C@@H]1[C@@H](CCl)O[C@@](CCl)(O[C@H]2O[C@@H]3CO[C@H]([C@H]2O)[C@H]3Cl)[C@H]1O. The maximum atomic E-state index is 10.2. The summed E-state index contributed by atoms with van der Waals surface area (Å²) in [5.41, 5.74) is 0. The molecule has 3 N–H and O–H groups in total. The molecular weight excluding hydrogens is 362 g/mol. The molecule has 0 amide bonds. The minimum Gasteiger partial charge on any atom is -0.387 e. The highest BCUT2D eigenvalue weighted by molar-refractivity contribution is 6.21. The first-order valence-corrected chi connectivity index (χ1v) is 8.37. The van der Waals surface area contributed by atoms with Crippen LogP contribution in [0.4, 0.5) is 0 Å². The average Bonchev–Trinajstić information content (AvgIpc) is 2.92. The van der Waals surface area contributed by atoms with E-state index in [4.69, 9.17) is 53.8 Å². The first kappa shape index (κ1) is 17.4. The smallest absolute Gasteiger partial charge is 0.214 e. The van der Waals surface area contributed by atoms with Gasteiger partial charge in [-0.25, -0.2) is 0 Å². The molecule has 3 rings (SSSR count). The van der Waals surface area contributed by atoms with Crippen molar-refractivity contribution in [2.45, 2.75) is 54.1 Å². The Bertz CT molecular complexity index is 416. The molecule has 3 saturated heterocycles. The van der Waals surface area contributed by atoms with E-state index in [0.29, 0.717) is 0 Å². The van der Waals surface area contributed by atoms with Crippen LogP contribution in [0.25, 0.3) is 0 Å². The summed E-state index contributed by atoms with van der Waals surface area (Å²) in [6, 6.07) is 0. The van der Waals surface area contributed by atoms with Crippen molar-refractivity contribution in [3.8, 4) is 0 Å². The molecule has 128 valence electrons. The number of aliphatic hydroxyl groups excluding tert-OH is 3. The van der Waals surface area contributed by atoms with Gasteiger partial charge in [-0.05, 0) is 0 Å². The normalized spacial score (nSPS) is 54.8. The zero-order valence-electron chi connectivity index (χ0n) is 11.3. The number of halogens is 3. The molecule has 3 heterocycles. The van der Waals surface area contributed by atoms with E-state index < -0.39 is 54.1 Å². The zero-order valence-corrected chi connectivity index (χ0v) is 13.6. The Morgan fingerprint density at radius 3 is 2.50 bits per heavy atom. The Labute approximate surface area is 141 Å². The molecule has 7 nitrogen and oxygen atoms in total. The number of hydrogen-bond donors (Lipinski definition) is 3. The van der Waals surface area contributed by atoms with Gasteiger partial charge in [0.2, 0.25) is 5.79 Å². The van der Waals surface area contributed by atoms with Crippen LogP contribution in [0.2, 0.25) is 0 Å². The fourth-order valence-electron chi connectivity index (χ4n) is 2.93. The number of rotatable bonds is 4. The molecule has 3 fully saturated rings. The number of fused-ring (bicyclic) bond motifs is 2. The van der Waals surface area contributed by atoms with Gasteiger partial charge in [0.05, 0.1) is 23.7 Å². The molecule has 0 aromatic rings. The summed E-state index contributed by atoms with van der Waals surface area (Å²) < 4.78 is 22.0. The molecule has 2 bridgehead atoms. The van der Waals surface area contributed by atoms with Gasteiger partial charge in [0, 0.05) is 0 Å². The van der Waals surface area contributed by atoms with Crippen molar-refractivity contribution in [3.63, 3.8) is 0 Å². The van der Waals surface area contributed by atoms with Gasteiger partial charge in [-0.15, -0.1) is 34.8 Å². The topological polar surface area (TPSA) is 97.6 Å². The third-order valence-electron chi connectivity index (χ3n) is 4.21. The summed E-state index contributed by atoms with van der Waals surface area (Å²) in [7, 11) is 0. The largest absolute Gasteiger partial charge is 0.387 e. The average molecular weight is 380 g/mol. The van der Waals surface area contributed by atoms with Crippen LogP contribution in [0, 0.1) is 0 Å². The molecule has 0 aliphatic carbocycles. The highest BCUT2D eigenvalue weighted by atomic mass is 35.5. The van der Waals surface area contributed by atoms with Gasteiger partial charge in [0.15, 0.2) is 6.29 Å². The van der Waals surface area contributed by atoms with Crippen LogP contribution in [0.1, 0.15) is 0 Å². The number of alkyl halides is 3. The minimum atomic E-state index is -1.73. The molecule has 0 aromatic carbocycles. The fourth-order valence-corrected chi connectivity index (χ4v) is 3.81. The van der Waals surface area contributed by atoms with Gasteiger partial charge >= 0.3 is 0 Å². The quantitative estimate of drug-likeness (QED) is 0.561. The highest BCUT2D eigenvalue weighted by Crippen LogP contribution is 2.40. The summed E-state index contributed by atoms with van der Waals surface area (Å²) in [6.07, 6.45) is -6.95. The lowest BCUT2D eigenvalue weighted by Crippen LogP contribution is -2.58. The molecule has 9 atom stereocenters. The molecule has 0 unspecified atom stereocenters. The monoisotopic (exact) mass is 378 g/mol. The molecule has 3 aliphatic heterocycles. The van der Waals surface area contributed by atoms with E-state index in [2.05, 4.69) is 0 Å². The molecule has 3 aliphatic rings. The van der Waals surface area contributed by atoms with Gasteiger partial charge in [-0.3, -0.25) is 0 Å². The number of ether oxygens (including phenoxy) is 4. The van der Waals surface area contributed by atoms with Crippen molar-refractivity contribution < 1.29 is 34.3 Å². The fraction of sp³-hybridized carbons (Fsp3) is 1.00. The predicted molar refractivity (Wildman–Crippen MR) is 76.2 cm³/mol. The zero-order chi connectivity index (χ0) is 16.1. The number of hydrogen-bond acceptors (Lipinski definition) is 7. The summed E-state index contributed by atoms with van der Waals surface area (Å²) in [4.78, 5) is 0. The Kier molecular flexibility index (Phi) is 5.13. The second-order valence-corrected chi connectivity index (χ2v) is 6.67. The summed E-state index contributed by atoms with van der Waals surface area (Å²) in [5, 5.41) is 29.9. The van der Waals surface area contributed by atoms with E-state index in [1.54, 1.807) is 0 Å². The standard InChI is InChI=1S/C12H17Cl3O7/c13-1-4-7(16)10(18)12(3-14,21-4)22-11-8(17)9-6(15)5(20-11)2-19-9/h4-11,16-18H,1-3H2/t4-,5-,6+,7-,8-,9+,10+,11-,12+/m1/s1. The van der Waals surface area contributed by atoms with Crippen LogP contribution in [-0.4, -0.2) is 87.8 Å². The lowest BCUT2D eigenvalue weighted by molar-refractivity contribution is -0.344. The lowest BCUT2D eigenvalue weighted by atomic mass is 10.0. The van der Waals surface area contributed by atoms with Gasteiger partial charge in [0.1, 0.15) is 36.6 Å². The Hall–Kier alpha value is 0.590. The van der Waals surface area contributed by atoms with Gasteiger partial charge in [-0.2, -0.15) is 0 Å².